The molecule has 3 rings (SSSR count). The highest BCUT2D eigenvalue weighted by Gasteiger charge is 2.08. The third-order valence-electron chi connectivity index (χ3n) is 3.15. The van der Waals surface area contributed by atoms with E-state index in [1.54, 1.807) is 29.1 Å². The average Bonchev–Trinajstić information content (AvgIpc) is 2.97. The van der Waals surface area contributed by atoms with Crippen LogP contribution in [-0.2, 0) is 0 Å². The van der Waals surface area contributed by atoms with Crippen LogP contribution in [0.15, 0.2) is 54.9 Å². The number of rotatable bonds is 2. The van der Waals surface area contributed by atoms with E-state index in [2.05, 4.69) is 11.2 Å². The summed E-state index contributed by atoms with van der Waals surface area (Å²) in [6, 6.07) is 14.8. The molecule has 1 heterocycles. The van der Waals surface area contributed by atoms with Gasteiger partial charge in [0, 0.05) is 22.5 Å². The molecule has 2 aromatic carbocycles. The van der Waals surface area contributed by atoms with Crippen LogP contribution in [0.5, 0.6) is 0 Å². The summed E-state index contributed by atoms with van der Waals surface area (Å²) in [6.07, 6.45) is 3.60. The van der Waals surface area contributed by atoms with Crippen molar-refractivity contribution in [1.29, 1.82) is 5.26 Å². The molecule has 5 heteroatoms. The number of halogens is 1. The van der Waals surface area contributed by atoms with Crippen LogP contribution in [0.1, 0.15) is 5.56 Å². The summed E-state index contributed by atoms with van der Waals surface area (Å²) in [5.74, 6) is 0. The van der Waals surface area contributed by atoms with Gasteiger partial charge in [-0.25, -0.2) is 4.68 Å². The summed E-state index contributed by atoms with van der Waals surface area (Å²) in [5, 5.41) is 14.1. The number of nitrogen functional groups attached to an aromatic ring is 1. The highest BCUT2D eigenvalue weighted by Crippen LogP contribution is 2.24. The molecule has 0 saturated heterocycles. The molecule has 2 N–H and O–H groups in total. The molecule has 1 aromatic heterocycles. The summed E-state index contributed by atoms with van der Waals surface area (Å²) in [6.45, 7) is 0. The largest absolute Gasteiger partial charge is 0.399 e. The van der Waals surface area contributed by atoms with Crippen molar-refractivity contribution in [1.82, 2.24) is 9.78 Å². The van der Waals surface area contributed by atoms with Gasteiger partial charge in [0.2, 0.25) is 0 Å². The van der Waals surface area contributed by atoms with Crippen LogP contribution in [-0.4, -0.2) is 9.78 Å². The number of nitrogens with zero attached hydrogens (tertiary/aromatic N) is 3. The van der Waals surface area contributed by atoms with E-state index >= 15 is 0 Å². The number of benzene rings is 2. The van der Waals surface area contributed by atoms with Crippen molar-refractivity contribution in [2.75, 3.05) is 5.73 Å². The molecule has 0 aliphatic heterocycles. The zero-order valence-corrected chi connectivity index (χ0v) is 11.7. The Balaban J connectivity index is 2.05. The van der Waals surface area contributed by atoms with Gasteiger partial charge in [0.25, 0.3) is 0 Å². The van der Waals surface area contributed by atoms with Gasteiger partial charge in [-0.05, 0) is 35.9 Å². The first-order valence-corrected chi connectivity index (χ1v) is 6.66. The van der Waals surface area contributed by atoms with E-state index in [1.807, 2.05) is 30.5 Å². The van der Waals surface area contributed by atoms with Crippen LogP contribution in [0.4, 0.5) is 5.69 Å². The Kier molecular flexibility index (Phi) is 3.35. The van der Waals surface area contributed by atoms with Crippen LogP contribution in [0, 0.1) is 11.3 Å². The van der Waals surface area contributed by atoms with Gasteiger partial charge < -0.3 is 5.73 Å². The normalized spacial score (nSPS) is 10.3. The minimum Gasteiger partial charge on any atom is -0.399 e. The van der Waals surface area contributed by atoms with Crippen LogP contribution < -0.4 is 5.73 Å². The van der Waals surface area contributed by atoms with Crippen molar-refractivity contribution in [2.24, 2.45) is 0 Å². The Bertz CT molecular complexity index is 828. The number of nitrogens with two attached hydrogens (primary N) is 1. The SMILES string of the molecule is N#Cc1ccc(Cl)cc1-n1cc(-c2ccc(N)cc2)cn1. The van der Waals surface area contributed by atoms with Gasteiger partial charge in [-0.2, -0.15) is 10.4 Å². The number of anilines is 1. The number of hydrogen-bond donors (Lipinski definition) is 1. The maximum absolute atomic E-state index is 9.18. The molecule has 0 atom stereocenters. The molecule has 0 bridgehead atoms. The summed E-state index contributed by atoms with van der Waals surface area (Å²) in [7, 11) is 0. The van der Waals surface area contributed by atoms with Crippen LogP contribution in [0.25, 0.3) is 16.8 Å². The fourth-order valence-corrected chi connectivity index (χ4v) is 2.23. The summed E-state index contributed by atoms with van der Waals surface area (Å²) in [5.41, 5.74) is 9.53. The summed E-state index contributed by atoms with van der Waals surface area (Å²) < 4.78 is 1.65. The van der Waals surface area contributed by atoms with E-state index in [0.717, 1.165) is 11.1 Å². The number of hydrogen-bond acceptors (Lipinski definition) is 3. The number of nitriles is 1. The maximum Gasteiger partial charge on any atom is 0.101 e. The minimum absolute atomic E-state index is 0.520. The molecule has 102 valence electrons. The lowest BCUT2D eigenvalue weighted by atomic mass is 10.1. The molecule has 0 unspecified atom stereocenters. The average molecular weight is 295 g/mol. The molecule has 21 heavy (non-hydrogen) atoms. The van der Waals surface area contributed by atoms with E-state index < -0.39 is 0 Å². The topological polar surface area (TPSA) is 67.6 Å². The second kappa shape index (κ2) is 5.31. The van der Waals surface area contributed by atoms with Gasteiger partial charge in [-0.3, -0.25) is 0 Å². The lowest BCUT2D eigenvalue weighted by molar-refractivity contribution is 0.877. The Morgan fingerprint density at radius 3 is 2.57 bits per heavy atom. The second-order valence-corrected chi connectivity index (χ2v) is 5.01. The first kappa shape index (κ1) is 13.2. The van der Waals surface area contributed by atoms with E-state index in [1.165, 1.54) is 0 Å². The molecule has 4 nitrogen and oxygen atoms in total. The first-order chi connectivity index (χ1) is 10.2. The van der Waals surface area contributed by atoms with E-state index in [4.69, 9.17) is 17.3 Å². The van der Waals surface area contributed by atoms with Gasteiger partial charge in [0.1, 0.15) is 6.07 Å². The molecule has 0 radical (unpaired) electrons. The number of aromatic nitrogens is 2. The monoisotopic (exact) mass is 294 g/mol. The van der Waals surface area contributed by atoms with Crippen molar-refractivity contribution in [3.8, 4) is 22.9 Å². The molecule has 0 spiro atoms. The van der Waals surface area contributed by atoms with Crippen molar-refractivity contribution >= 4 is 17.3 Å². The third-order valence-corrected chi connectivity index (χ3v) is 3.39. The van der Waals surface area contributed by atoms with Crippen LogP contribution in [0.2, 0.25) is 5.02 Å². The van der Waals surface area contributed by atoms with Gasteiger partial charge in [-0.1, -0.05) is 23.7 Å². The van der Waals surface area contributed by atoms with E-state index in [0.29, 0.717) is 22.0 Å². The van der Waals surface area contributed by atoms with Crippen molar-refractivity contribution in [3.05, 3.63) is 65.4 Å². The molecule has 0 saturated carbocycles. The van der Waals surface area contributed by atoms with Crippen LogP contribution >= 0.6 is 11.6 Å². The zero-order valence-electron chi connectivity index (χ0n) is 11.0. The van der Waals surface area contributed by atoms with Crippen molar-refractivity contribution < 1.29 is 0 Å². The Hall–Kier alpha value is -2.77. The zero-order chi connectivity index (χ0) is 14.8. The fraction of sp³-hybridized carbons (Fsp3) is 0. The lowest BCUT2D eigenvalue weighted by Crippen LogP contribution is -1.97. The Morgan fingerprint density at radius 2 is 1.86 bits per heavy atom. The second-order valence-electron chi connectivity index (χ2n) is 4.57. The quantitative estimate of drug-likeness (QED) is 0.734. The maximum atomic E-state index is 9.18. The third kappa shape index (κ3) is 2.60. The molecule has 3 aromatic rings. The highest BCUT2D eigenvalue weighted by molar-refractivity contribution is 6.30. The molecular weight excluding hydrogens is 284 g/mol. The highest BCUT2D eigenvalue weighted by atomic mass is 35.5. The first-order valence-electron chi connectivity index (χ1n) is 6.28. The standard InChI is InChI=1S/C16H11ClN4/c17-14-4-1-12(8-18)16(7-14)21-10-13(9-20-21)11-2-5-15(19)6-3-11/h1-7,9-10H,19H2. The Morgan fingerprint density at radius 1 is 1.10 bits per heavy atom. The summed E-state index contributed by atoms with van der Waals surface area (Å²) in [4.78, 5) is 0. The summed E-state index contributed by atoms with van der Waals surface area (Å²) >= 11 is 6.00. The molecule has 0 amide bonds. The predicted molar refractivity (Wildman–Crippen MR) is 83.1 cm³/mol. The van der Waals surface area contributed by atoms with E-state index in [9.17, 15) is 5.26 Å². The van der Waals surface area contributed by atoms with Gasteiger partial charge >= 0.3 is 0 Å². The molecular formula is C16H11ClN4. The van der Waals surface area contributed by atoms with Crippen molar-refractivity contribution in [2.45, 2.75) is 0 Å². The van der Waals surface area contributed by atoms with E-state index in [-0.39, 0.29) is 0 Å². The van der Waals surface area contributed by atoms with Gasteiger partial charge in [0.05, 0.1) is 17.4 Å². The van der Waals surface area contributed by atoms with Crippen molar-refractivity contribution in [3.63, 3.8) is 0 Å². The van der Waals surface area contributed by atoms with Gasteiger partial charge in [-0.15, -0.1) is 0 Å². The molecule has 0 aliphatic rings. The fourth-order valence-electron chi connectivity index (χ4n) is 2.07. The molecule has 0 fully saturated rings. The lowest BCUT2D eigenvalue weighted by Gasteiger charge is -2.04. The predicted octanol–water partition coefficient (Wildman–Crippen LogP) is 3.65. The molecule has 0 aliphatic carbocycles. The van der Waals surface area contributed by atoms with Gasteiger partial charge in [0.15, 0.2) is 0 Å². The minimum atomic E-state index is 0.520. The smallest absolute Gasteiger partial charge is 0.101 e. The Labute approximate surface area is 127 Å². The van der Waals surface area contributed by atoms with Crippen LogP contribution in [0.3, 0.4) is 0 Å².